The minimum Gasteiger partial charge on any atom is -0.356 e. The third kappa shape index (κ3) is 9.66. The Morgan fingerprint density at radius 2 is 1.90 bits per heavy atom. The highest BCUT2D eigenvalue weighted by atomic mass is 127. The van der Waals surface area contributed by atoms with Crippen LogP contribution in [0.4, 0.5) is 5.69 Å². The highest BCUT2D eigenvalue weighted by Gasteiger charge is 2.17. The van der Waals surface area contributed by atoms with Crippen LogP contribution < -0.4 is 15.4 Å². The molecule has 1 aliphatic heterocycles. The molecule has 1 fully saturated rings. The van der Waals surface area contributed by atoms with Crippen molar-refractivity contribution in [2.24, 2.45) is 10.9 Å². The zero-order valence-corrected chi connectivity index (χ0v) is 21.2. The quantitative estimate of drug-likeness (QED) is 0.0981. The number of aliphatic imine (C=N–C) groups is 1. The number of rotatable bonds is 10. The summed E-state index contributed by atoms with van der Waals surface area (Å²) in [4.78, 5) is 16.7. The van der Waals surface area contributed by atoms with Gasteiger partial charge in [0, 0.05) is 38.8 Å². The van der Waals surface area contributed by atoms with E-state index in [-0.39, 0.29) is 41.1 Å². The molecule has 1 aliphatic rings. The van der Waals surface area contributed by atoms with Crippen molar-refractivity contribution < 1.29 is 13.3 Å². The maximum absolute atomic E-state index is 12.3. The second kappa shape index (κ2) is 13.8. The SMILES string of the molecule is CN=C(NCCCN1CCC(C)CC1)NCCNS(=O)(=O)c1cccc([N+](=O)[O-])c1.I. The molecule has 31 heavy (non-hydrogen) atoms. The van der Waals surface area contributed by atoms with Crippen molar-refractivity contribution in [1.29, 1.82) is 0 Å². The van der Waals surface area contributed by atoms with Gasteiger partial charge < -0.3 is 15.5 Å². The van der Waals surface area contributed by atoms with E-state index in [0.29, 0.717) is 12.5 Å². The number of piperidine rings is 1. The average Bonchev–Trinajstić information content (AvgIpc) is 2.74. The van der Waals surface area contributed by atoms with E-state index in [9.17, 15) is 18.5 Å². The molecule has 3 N–H and O–H groups in total. The summed E-state index contributed by atoms with van der Waals surface area (Å²) in [6, 6.07) is 4.97. The van der Waals surface area contributed by atoms with Crippen LogP contribution in [0.3, 0.4) is 0 Å². The molecule has 1 aromatic carbocycles. The zero-order chi connectivity index (χ0) is 22.0. The topological polar surface area (TPSA) is 129 Å². The van der Waals surface area contributed by atoms with E-state index in [1.54, 1.807) is 7.05 Å². The van der Waals surface area contributed by atoms with Crippen molar-refractivity contribution in [3.63, 3.8) is 0 Å². The summed E-state index contributed by atoms with van der Waals surface area (Å²) in [7, 11) is -2.16. The predicted octanol–water partition coefficient (Wildman–Crippen LogP) is 1.78. The van der Waals surface area contributed by atoms with Gasteiger partial charge in [-0.2, -0.15) is 0 Å². The van der Waals surface area contributed by atoms with Gasteiger partial charge in [0.05, 0.1) is 9.82 Å². The number of hydrogen-bond donors (Lipinski definition) is 3. The summed E-state index contributed by atoms with van der Waals surface area (Å²) >= 11 is 0. The fraction of sp³-hybridized carbons (Fsp3) is 0.632. The first-order valence-corrected chi connectivity index (χ1v) is 11.7. The molecule has 0 amide bonds. The van der Waals surface area contributed by atoms with Crippen molar-refractivity contribution >= 4 is 45.6 Å². The molecule has 0 aromatic heterocycles. The first-order chi connectivity index (χ1) is 14.3. The lowest BCUT2D eigenvalue weighted by Gasteiger charge is -2.30. The highest BCUT2D eigenvalue weighted by molar-refractivity contribution is 14.0. The number of hydrogen-bond acceptors (Lipinski definition) is 6. The third-order valence-corrected chi connectivity index (χ3v) is 6.55. The minimum absolute atomic E-state index is 0. The number of nitro benzene ring substituents is 1. The van der Waals surface area contributed by atoms with Crippen molar-refractivity contribution in [3.8, 4) is 0 Å². The molecule has 0 bridgehead atoms. The normalized spacial score (nSPS) is 15.9. The maximum Gasteiger partial charge on any atom is 0.270 e. The number of sulfonamides is 1. The lowest BCUT2D eigenvalue weighted by Crippen LogP contribution is -2.42. The second-order valence-corrected chi connectivity index (χ2v) is 9.22. The molecular weight excluding hydrogens is 535 g/mol. The number of nitrogens with zero attached hydrogens (tertiary/aromatic N) is 3. The van der Waals surface area contributed by atoms with Gasteiger partial charge in [-0.3, -0.25) is 15.1 Å². The van der Waals surface area contributed by atoms with Crippen LogP contribution >= 0.6 is 24.0 Å². The van der Waals surface area contributed by atoms with Crippen molar-refractivity contribution in [1.82, 2.24) is 20.3 Å². The number of guanidine groups is 1. The van der Waals surface area contributed by atoms with Crippen molar-refractivity contribution in [3.05, 3.63) is 34.4 Å². The molecule has 0 atom stereocenters. The molecule has 0 spiro atoms. The monoisotopic (exact) mass is 568 g/mol. The summed E-state index contributed by atoms with van der Waals surface area (Å²) in [5, 5.41) is 17.1. The van der Waals surface area contributed by atoms with E-state index in [0.717, 1.165) is 31.5 Å². The minimum atomic E-state index is -3.82. The molecule has 0 radical (unpaired) electrons. The van der Waals surface area contributed by atoms with Crippen LogP contribution in [0.25, 0.3) is 0 Å². The Morgan fingerprint density at radius 1 is 1.23 bits per heavy atom. The molecule has 1 aromatic rings. The number of benzene rings is 1. The number of likely N-dealkylation sites (tertiary alicyclic amines) is 1. The Kier molecular flexibility index (Phi) is 12.3. The van der Waals surface area contributed by atoms with Gasteiger partial charge in [0.2, 0.25) is 10.0 Å². The molecule has 2 rings (SSSR count). The number of non-ortho nitro benzene ring substituents is 1. The first-order valence-electron chi connectivity index (χ1n) is 10.2. The van der Waals surface area contributed by atoms with Crippen LogP contribution in [0.2, 0.25) is 0 Å². The van der Waals surface area contributed by atoms with Crippen molar-refractivity contribution in [2.75, 3.05) is 46.3 Å². The predicted molar refractivity (Wildman–Crippen MR) is 133 cm³/mol. The molecule has 0 saturated carbocycles. The van der Waals surface area contributed by atoms with E-state index >= 15 is 0 Å². The van der Waals surface area contributed by atoms with Crippen LogP contribution in [0.1, 0.15) is 26.2 Å². The lowest BCUT2D eigenvalue weighted by molar-refractivity contribution is -0.385. The molecule has 12 heteroatoms. The van der Waals surface area contributed by atoms with Crippen LogP contribution in [0.5, 0.6) is 0 Å². The van der Waals surface area contributed by atoms with Gasteiger partial charge in [-0.1, -0.05) is 13.0 Å². The van der Waals surface area contributed by atoms with Crippen LogP contribution in [0, 0.1) is 16.0 Å². The van der Waals surface area contributed by atoms with Gasteiger partial charge in [0.1, 0.15) is 0 Å². The fourth-order valence-corrected chi connectivity index (χ4v) is 4.30. The zero-order valence-electron chi connectivity index (χ0n) is 18.0. The highest BCUT2D eigenvalue weighted by Crippen LogP contribution is 2.17. The number of nitro groups is 1. The first kappa shape index (κ1) is 27.5. The Hall–Kier alpha value is -1.51. The maximum atomic E-state index is 12.3. The van der Waals surface area contributed by atoms with Gasteiger partial charge in [0.25, 0.3) is 5.69 Å². The summed E-state index contributed by atoms with van der Waals surface area (Å²) < 4.78 is 27.0. The second-order valence-electron chi connectivity index (χ2n) is 7.46. The molecule has 1 heterocycles. The largest absolute Gasteiger partial charge is 0.356 e. The Bertz CT molecular complexity index is 828. The smallest absolute Gasteiger partial charge is 0.270 e. The third-order valence-electron chi connectivity index (χ3n) is 5.09. The molecular formula is C19H33IN6O4S. The molecule has 176 valence electrons. The van der Waals surface area contributed by atoms with Crippen LogP contribution in [-0.4, -0.2) is 70.5 Å². The molecule has 10 nitrogen and oxygen atoms in total. The summed E-state index contributed by atoms with van der Waals surface area (Å²) in [6.07, 6.45) is 3.54. The Labute approximate surface area is 201 Å². The summed E-state index contributed by atoms with van der Waals surface area (Å²) in [6.45, 7) is 6.93. The summed E-state index contributed by atoms with van der Waals surface area (Å²) in [5.74, 6) is 1.44. The summed E-state index contributed by atoms with van der Waals surface area (Å²) in [5.41, 5.74) is -0.264. The standard InChI is InChI=1S/C19H32N6O4S.HI/c1-16-7-13-24(14-8-16)12-4-9-21-19(20-2)22-10-11-23-30(28,29)18-6-3-5-17(15-18)25(26)27;/h3,5-6,15-16,23H,4,7-14H2,1-2H3,(H2,20,21,22);1H. The van der Waals surface area contributed by atoms with Gasteiger partial charge >= 0.3 is 0 Å². The average molecular weight is 568 g/mol. The molecule has 1 saturated heterocycles. The van der Waals surface area contributed by atoms with E-state index in [4.69, 9.17) is 0 Å². The van der Waals surface area contributed by atoms with Gasteiger partial charge in [-0.05, 0) is 50.9 Å². The van der Waals surface area contributed by atoms with E-state index in [1.165, 1.54) is 44.1 Å². The van der Waals surface area contributed by atoms with Crippen LogP contribution in [-0.2, 0) is 10.0 Å². The van der Waals surface area contributed by atoms with Crippen molar-refractivity contribution in [2.45, 2.75) is 31.1 Å². The van der Waals surface area contributed by atoms with Crippen LogP contribution in [0.15, 0.2) is 34.2 Å². The lowest BCUT2D eigenvalue weighted by atomic mass is 9.99. The van der Waals surface area contributed by atoms with E-state index in [2.05, 4.69) is 32.2 Å². The van der Waals surface area contributed by atoms with E-state index in [1.807, 2.05) is 0 Å². The van der Waals surface area contributed by atoms with Gasteiger partial charge in [-0.25, -0.2) is 13.1 Å². The Balaban J connectivity index is 0.00000480. The number of nitrogens with one attached hydrogen (secondary N) is 3. The molecule has 0 unspecified atom stereocenters. The fourth-order valence-electron chi connectivity index (χ4n) is 3.23. The van der Waals surface area contributed by atoms with Gasteiger partial charge in [0.15, 0.2) is 5.96 Å². The van der Waals surface area contributed by atoms with Gasteiger partial charge in [-0.15, -0.1) is 24.0 Å². The molecule has 0 aliphatic carbocycles. The van der Waals surface area contributed by atoms with E-state index < -0.39 is 14.9 Å². The Morgan fingerprint density at radius 3 is 2.55 bits per heavy atom. The number of halogens is 1.